The van der Waals surface area contributed by atoms with E-state index in [4.69, 9.17) is 9.72 Å². The number of hydrogen-bond acceptors (Lipinski definition) is 4. The van der Waals surface area contributed by atoms with Crippen LogP contribution in [0.3, 0.4) is 0 Å². The molecule has 0 fully saturated rings. The monoisotopic (exact) mass is 439 g/mol. The number of esters is 1. The number of aryl methyl sites for hydroxylation is 1. The maximum atomic E-state index is 13.3. The van der Waals surface area contributed by atoms with E-state index in [0.717, 1.165) is 35.0 Å². The molecule has 1 aliphatic carbocycles. The number of Topliss-reactive ketones (excluding diaryl/α,β-unsaturated/α-hetero) is 1. The standard InChI is InChI=1S/C28H22FNO3/c29-21-13-10-19(11-14-21)26(31)17-33-28(32)27-22-8-4-5-9-24(22)30-25-15-12-20(16-23(25)27)18-6-2-1-3-7-18/h1-11,13-14,20H,12,15-17H2/t20-/m0/s1. The molecular formula is C28H22FNO3. The Hall–Kier alpha value is -3.86. The molecule has 33 heavy (non-hydrogen) atoms. The maximum absolute atomic E-state index is 13.3. The summed E-state index contributed by atoms with van der Waals surface area (Å²) in [6, 6.07) is 23.0. The summed E-state index contributed by atoms with van der Waals surface area (Å²) in [6.45, 7) is -0.405. The van der Waals surface area contributed by atoms with Gasteiger partial charge in [-0.25, -0.2) is 9.18 Å². The molecular weight excluding hydrogens is 417 g/mol. The van der Waals surface area contributed by atoms with E-state index in [1.54, 1.807) is 0 Å². The van der Waals surface area contributed by atoms with E-state index in [-0.39, 0.29) is 11.7 Å². The summed E-state index contributed by atoms with van der Waals surface area (Å²) in [5.74, 6) is -1.05. The maximum Gasteiger partial charge on any atom is 0.339 e. The van der Waals surface area contributed by atoms with Gasteiger partial charge in [0.05, 0.1) is 11.1 Å². The highest BCUT2D eigenvalue weighted by molar-refractivity contribution is 6.06. The number of aromatic nitrogens is 1. The fourth-order valence-electron chi connectivity index (χ4n) is 4.55. The average Bonchev–Trinajstić information content (AvgIpc) is 2.86. The van der Waals surface area contributed by atoms with Gasteiger partial charge >= 0.3 is 5.97 Å². The molecule has 3 aromatic carbocycles. The highest BCUT2D eigenvalue weighted by Crippen LogP contribution is 2.36. The predicted octanol–water partition coefficient (Wildman–Crippen LogP) is 5.69. The van der Waals surface area contributed by atoms with Crippen molar-refractivity contribution in [1.29, 1.82) is 0 Å². The first-order chi connectivity index (χ1) is 16.1. The molecule has 0 unspecified atom stereocenters. The van der Waals surface area contributed by atoms with E-state index >= 15 is 0 Å². The molecule has 4 nitrogen and oxygen atoms in total. The zero-order valence-electron chi connectivity index (χ0n) is 18.0. The first-order valence-corrected chi connectivity index (χ1v) is 11.0. The van der Waals surface area contributed by atoms with Crippen LogP contribution in [0.2, 0.25) is 0 Å². The third-order valence-corrected chi connectivity index (χ3v) is 6.23. The Kier molecular flexibility index (Phi) is 5.69. The fourth-order valence-corrected chi connectivity index (χ4v) is 4.55. The van der Waals surface area contributed by atoms with Gasteiger partial charge in [0.2, 0.25) is 0 Å². The van der Waals surface area contributed by atoms with Gasteiger partial charge in [0.15, 0.2) is 12.4 Å². The lowest BCUT2D eigenvalue weighted by atomic mass is 9.80. The van der Waals surface area contributed by atoms with Crippen molar-refractivity contribution in [3.63, 3.8) is 0 Å². The molecule has 0 bridgehead atoms. The van der Waals surface area contributed by atoms with Crippen LogP contribution in [0.1, 0.15) is 49.9 Å². The second-order valence-electron chi connectivity index (χ2n) is 8.29. The summed E-state index contributed by atoms with van der Waals surface area (Å²) >= 11 is 0. The Bertz CT molecular complexity index is 1330. The molecule has 1 heterocycles. The molecule has 0 saturated heterocycles. The van der Waals surface area contributed by atoms with Crippen LogP contribution in [0, 0.1) is 5.82 Å². The number of carbonyl (C=O) groups is 2. The predicted molar refractivity (Wildman–Crippen MR) is 124 cm³/mol. The minimum absolute atomic E-state index is 0.286. The van der Waals surface area contributed by atoms with Crippen LogP contribution >= 0.6 is 0 Å². The number of rotatable bonds is 5. The molecule has 164 valence electrons. The second kappa shape index (κ2) is 8.94. The fraction of sp³-hybridized carbons (Fsp3) is 0.179. The molecule has 0 N–H and O–H groups in total. The first-order valence-electron chi connectivity index (χ1n) is 11.0. The smallest absolute Gasteiger partial charge is 0.339 e. The third kappa shape index (κ3) is 4.27. The minimum atomic E-state index is -0.533. The normalized spacial score (nSPS) is 15.1. The average molecular weight is 439 g/mol. The Labute approximate surface area is 191 Å². The number of nitrogens with zero attached hydrogens (tertiary/aromatic N) is 1. The number of benzene rings is 3. The molecule has 1 aliphatic rings. The summed E-state index contributed by atoms with van der Waals surface area (Å²) < 4.78 is 18.6. The van der Waals surface area contributed by atoms with Crippen molar-refractivity contribution in [2.45, 2.75) is 25.2 Å². The quantitative estimate of drug-likeness (QED) is 0.296. The summed E-state index contributed by atoms with van der Waals surface area (Å²) in [5.41, 5.74) is 4.58. The Morgan fingerprint density at radius 3 is 2.45 bits per heavy atom. The zero-order valence-corrected chi connectivity index (χ0v) is 18.0. The molecule has 1 atom stereocenters. The van der Waals surface area contributed by atoms with E-state index in [0.29, 0.717) is 17.5 Å². The van der Waals surface area contributed by atoms with E-state index in [1.807, 2.05) is 42.5 Å². The highest BCUT2D eigenvalue weighted by Gasteiger charge is 2.28. The second-order valence-corrected chi connectivity index (χ2v) is 8.29. The number of fused-ring (bicyclic) bond motifs is 2. The zero-order chi connectivity index (χ0) is 22.8. The van der Waals surface area contributed by atoms with Crippen LogP contribution in [0.4, 0.5) is 4.39 Å². The van der Waals surface area contributed by atoms with Crippen LogP contribution in [0.15, 0.2) is 78.9 Å². The van der Waals surface area contributed by atoms with Crippen molar-refractivity contribution < 1.29 is 18.7 Å². The molecule has 0 amide bonds. The number of ketones is 1. The van der Waals surface area contributed by atoms with Crippen molar-refractivity contribution in [3.8, 4) is 0 Å². The lowest BCUT2D eigenvalue weighted by Crippen LogP contribution is -2.21. The van der Waals surface area contributed by atoms with Crippen LogP contribution in [-0.2, 0) is 17.6 Å². The molecule has 0 aliphatic heterocycles. The molecule has 5 heteroatoms. The van der Waals surface area contributed by atoms with Crippen LogP contribution in [0.25, 0.3) is 10.9 Å². The lowest BCUT2D eigenvalue weighted by molar-refractivity contribution is 0.0475. The number of para-hydroxylation sites is 1. The molecule has 0 saturated carbocycles. The van der Waals surface area contributed by atoms with Crippen molar-refractivity contribution in [1.82, 2.24) is 4.98 Å². The van der Waals surface area contributed by atoms with Gasteiger partial charge in [-0.2, -0.15) is 0 Å². The number of carbonyl (C=O) groups excluding carboxylic acids is 2. The van der Waals surface area contributed by atoms with Gasteiger partial charge in [0.1, 0.15) is 5.82 Å². The summed E-state index contributed by atoms with van der Waals surface area (Å²) in [5, 5.41) is 0.726. The summed E-state index contributed by atoms with van der Waals surface area (Å²) in [7, 11) is 0. The van der Waals surface area contributed by atoms with Crippen molar-refractivity contribution in [2.75, 3.05) is 6.61 Å². The molecule has 0 radical (unpaired) electrons. The van der Waals surface area contributed by atoms with Gasteiger partial charge in [0, 0.05) is 16.6 Å². The van der Waals surface area contributed by atoms with Crippen molar-refractivity contribution >= 4 is 22.7 Å². The Morgan fingerprint density at radius 2 is 1.67 bits per heavy atom. The topological polar surface area (TPSA) is 56.3 Å². The molecule has 0 spiro atoms. The first kappa shape index (κ1) is 21.0. The minimum Gasteiger partial charge on any atom is -0.454 e. The number of ether oxygens (including phenoxy) is 1. The van der Waals surface area contributed by atoms with Gasteiger partial charge < -0.3 is 4.74 Å². The van der Waals surface area contributed by atoms with Gasteiger partial charge in [0.25, 0.3) is 0 Å². The van der Waals surface area contributed by atoms with E-state index in [2.05, 4.69) is 12.1 Å². The van der Waals surface area contributed by atoms with E-state index in [1.165, 1.54) is 29.8 Å². The molecule has 4 aromatic rings. The van der Waals surface area contributed by atoms with E-state index < -0.39 is 18.4 Å². The van der Waals surface area contributed by atoms with Crippen LogP contribution < -0.4 is 0 Å². The molecule has 5 rings (SSSR count). The highest BCUT2D eigenvalue weighted by atomic mass is 19.1. The van der Waals surface area contributed by atoms with Gasteiger partial charge in [-0.05, 0) is 66.6 Å². The molecule has 1 aromatic heterocycles. The lowest BCUT2D eigenvalue weighted by Gasteiger charge is -2.26. The number of pyridine rings is 1. The summed E-state index contributed by atoms with van der Waals surface area (Å²) in [6.07, 6.45) is 2.42. The van der Waals surface area contributed by atoms with Gasteiger partial charge in [-0.15, -0.1) is 0 Å². The number of halogens is 1. The Morgan fingerprint density at radius 1 is 0.939 bits per heavy atom. The Balaban J connectivity index is 1.47. The third-order valence-electron chi connectivity index (χ3n) is 6.23. The largest absolute Gasteiger partial charge is 0.454 e. The van der Waals surface area contributed by atoms with Crippen LogP contribution in [-0.4, -0.2) is 23.3 Å². The van der Waals surface area contributed by atoms with E-state index in [9.17, 15) is 14.0 Å². The van der Waals surface area contributed by atoms with Crippen LogP contribution in [0.5, 0.6) is 0 Å². The van der Waals surface area contributed by atoms with Crippen molar-refractivity contribution in [2.24, 2.45) is 0 Å². The summed E-state index contributed by atoms with van der Waals surface area (Å²) in [4.78, 5) is 30.6. The SMILES string of the molecule is O=C(COC(=O)c1c2c(nc3ccccc13)CC[C@H](c1ccccc1)C2)c1ccc(F)cc1. The van der Waals surface area contributed by atoms with Gasteiger partial charge in [-0.1, -0.05) is 48.5 Å². The van der Waals surface area contributed by atoms with Gasteiger partial charge in [-0.3, -0.25) is 9.78 Å². The van der Waals surface area contributed by atoms with Crippen molar-refractivity contribution in [3.05, 3.63) is 113 Å². The number of hydrogen-bond donors (Lipinski definition) is 0.